The molecule has 4 rings (SSSR count). The van der Waals surface area contributed by atoms with Crippen LogP contribution in [0.2, 0.25) is 5.02 Å². The van der Waals surface area contributed by atoms with Gasteiger partial charge in [0.15, 0.2) is 0 Å². The first-order valence-corrected chi connectivity index (χ1v) is 11.9. The van der Waals surface area contributed by atoms with Crippen molar-refractivity contribution in [3.8, 4) is 0 Å². The second-order valence-electron chi connectivity index (χ2n) is 9.10. The van der Waals surface area contributed by atoms with Crippen molar-refractivity contribution >= 4 is 41.2 Å². The number of hydrogen-bond donors (Lipinski definition) is 2. The summed E-state index contributed by atoms with van der Waals surface area (Å²) in [6, 6.07) is 6.18. The summed E-state index contributed by atoms with van der Waals surface area (Å²) in [6.07, 6.45) is 4.03. The summed E-state index contributed by atoms with van der Waals surface area (Å²) in [5, 5.41) is 6.24. The van der Waals surface area contributed by atoms with E-state index in [9.17, 15) is 19.2 Å². The molecule has 33 heavy (non-hydrogen) atoms. The van der Waals surface area contributed by atoms with Crippen LogP contribution in [0.25, 0.3) is 0 Å². The third-order valence-corrected chi connectivity index (χ3v) is 7.24. The molecule has 2 atom stereocenters. The van der Waals surface area contributed by atoms with Gasteiger partial charge >= 0.3 is 12.1 Å². The van der Waals surface area contributed by atoms with E-state index in [-0.39, 0.29) is 30.3 Å². The van der Waals surface area contributed by atoms with Gasteiger partial charge in [-0.25, -0.2) is 9.59 Å². The molecular weight excluding hydrogens is 446 g/mol. The van der Waals surface area contributed by atoms with E-state index in [1.165, 1.54) is 0 Å². The summed E-state index contributed by atoms with van der Waals surface area (Å²) in [7, 11) is 0. The minimum Gasteiger partial charge on any atom is -0.339 e. The highest BCUT2D eigenvalue weighted by Gasteiger charge is 2.55. The van der Waals surface area contributed by atoms with Crippen molar-refractivity contribution < 1.29 is 19.2 Å². The fraction of sp³-hybridized carbons (Fsp3) is 0.565. The normalized spacial score (nSPS) is 25.8. The van der Waals surface area contributed by atoms with Crippen molar-refractivity contribution in [3.05, 3.63) is 29.3 Å². The molecule has 9 nitrogen and oxygen atoms in total. The molecule has 0 aromatic heterocycles. The fourth-order valence-electron chi connectivity index (χ4n) is 5.01. The molecule has 2 heterocycles. The molecule has 1 aromatic carbocycles. The van der Waals surface area contributed by atoms with Crippen LogP contribution >= 0.6 is 11.6 Å². The number of nitrogens with zero attached hydrogens (tertiary/aromatic N) is 3. The predicted octanol–water partition coefficient (Wildman–Crippen LogP) is 2.91. The fourth-order valence-corrected chi connectivity index (χ4v) is 5.20. The largest absolute Gasteiger partial charge is 0.339 e. The molecule has 1 aromatic rings. The van der Waals surface area contributed by atoms with Crippen LogP contribution < -0.4 is 10.6 Å². The summed E-state index contributed by atoms with van der Waals surface area (Å²) >= 11 is 5.97. The van der Waals surface area contributed by atoms with Crippen LogP contribution in [0.15, 0.2) is 24.3 Å². The average molecular weight is 476 g/mol. The third-order valence-electron chi connectivity index (χ3n) is 7.01. The van der Waals surface area contributed by atoms with Gasteiger partial charge in [0, 0.05) is 36.9 Å². The number of urea groups is 2. The van der Waals surface area contributed by atoms with Crippen LogP contribution in [-0.2, 0) is 9.59 Å². The number of halogens is 1. The Hall–Kier alpha value is -2.81. The summed E-state index contributed by atoms with van der Waals surface area (Å²) < 4.78 is 0. The van der Waals surface area contributed by atoms with Crippen molar-refractivity contribution in [2.45, 2.75) is 44.6 Å². The van der Waals surface area contributed by atoms with Crippen LogP contribution in [0, 0.1) is 5.92 Å². The number of imide groups is 1. The van der Waals surface area contributed by atoms with E-state index >= 15 is 0 Å². The number of hydrogen-bond acceptors (Lipinski definition) is 4. The molecule has 0 unspecified atom stereocenters. The van der Waals surface area contributed by atoms with E-state index in [4.69, 9.17) is 11.6 Å². The molecule has 3 fully saturated rings. The van der Waals surface area contributed by atoms with Gasteiger partial charge in [-0.1, -0.05) is 37.4 Å². The van der Waals surface area contributed by atoms with Crippen LogP contribution in [0.3, 0.4) is 0 Å². The molecule has 3 aliphatic rings. The van der Waals surface area contributed by atoms with E-state index in [1.807, 2.05) is 6.92 Å². The Kier molecular flexibility index (Phi) is 6.78. The third kappa shape index (κ3) is 4.78. The number of carbonyl (C=O) groups excluding carboxylic acids is 4. The first-order valence-electron chi connectivity index (χ1n) is 11.5. The van der Waals surface area contributed by atoms with Crippen molar-refractivity contribution in [1.29, 1.82) is 0 Å². The molecule has 10 heteroatoms. The Balaban J connectivity index is 1.34. The van der Waals surface area contributed by atoms with Crippen LogP contribution in [-0.4, -0.2) is 76.8 Å². The lowest BCUT2D eigenvalue weighted by Gasteiger charge is -2.36. The minimum atomic E-state index is -0.871. The van der Waals surface area contributed by atoms with Gasteiger partial charge < -0.3 is 20.4 Å². The lowest BCUT2D eigenvalue weighted by Crippen LogP contribution is -2.54. The molecular formula is C23H30ClN5O4. The van der Waals surface area contributed by atoms with Crippen molar-refractivity contribution in [1.82, 2.24) is 20.0 Å². The molecule has 2 aliphatic heterocycles. The average Bonchev–Trinajstić information content (AvgIpc) is 2.95. The molecule has 2 saturated heterocycles. The number of rotatable bonds is 3. The lowest BCUT2D eigenvalue weighted by molar-refractivity contribution is -0.140. The van der Waals surface area contributed by atoms with Gasteiger partial charge in [-0.3, -0.25) is 14.5 Å². The minimum absolute atomic E-state index is 0.0487. The number of anilines is 1. The first-order chi connectivity index (χ1) is 15.8. The maximum atomic E-state index is 13.1. The Morgan fingerprint density at radius 3 is 2.64 bits per heavy atom. The van der Waals surface area contributed by atoms with Crippen LogP contribution in [0.5, 0.6) is 0 Å². The summed E-state index contributed by atoms with van der Waals surface area (Å²) in [4.78, 5) is 55.7. The predicted molar refractivity (Wildman–Crippen MR) is 124 cm³/mol. The second-order valence-corrected chi connectivity index (χ2v) is 9.54. The highest BCUT2D eigenvalue weighted by Crippen LogP contribution is 2.38. The Labute approximate surface area is 198 Å². The van der Waals surface area contributed by atoms with Crippen LogP contribution in [0.4, 0.5) is 15.3 Å². The standard InChI is InChI=1S/C23H30ClN5O4/c1-16-6-2-3-9-23(16)20(31)29(22(33)26-23)15-19(30)27-10-5-11-28(13-12-27)21(32)25-18-8-4-7-17(24)14-18/h4,7-8,14,16H,2-3,5-6,9-13,15H2,1H3,(H,25,32)(H,26,33)/t16-,23+/m0/s1. The lowest BCUT2D eigenvalue weighted by atomic mass is 9.73. The quantitative estimate of drug-likeness (QED) is 0.656. The number of carbonyl (C=O) groups is 4. The SMILES string of the molecule is C[C@H]1CCCC[C@@]12NC(=O)N(CC(=O)N1CCCN(C(=O)Nc3cccc(Cl)c3)CC1)C2=O. The molecule has 178 valence electrons. The van der Waals surface area contributed by atoms with E-state index in [0.29, 0.717) is 49.7 Å². The number of amides is 6. The molecule has 1 aliphatic carbocycles. The number of benzene rings is 1. The monoisotopic (exact) mass is 475 g/mol. The molecule has 1 spiro atoms. The van der Waals surface area contributed by atoms with E-state index in [2.05, 4.69) is 10.6 Å². The van der Waals surface area contributed by atoms with Gasteiger partial charge in [-0.05, 0) is 43.4 Å². The molecule has 6 amide bonds. The van der Waals surface area contributed by atoms with Crippen molar-refractivity contribution in [2.75, 3.05) is 38.0 Å². The van der Waals surface area contributed by atoms with Crippen LogP contribution in [0.1, 0.15) is 39.0 Å². The maximum Gasteiger partial charge on any atom is 0.325 e. The molecule has 0 bridgehead atoms. The van der Waals surface area contributed by atoms with E-state index < -0.39 is 11.6 Å². The highest BCUT2D eigenvalue weighted by atomic mass is 35.5. The van der Waals surface area contributed by atoms with Crippen molar-refractivity contribution in [2.24, 2.45) is 5.92 Å². The molecule has 0 radical (unpaired) electrons. The van der Waals surface area contributed by atoms with Gasteiger partial charge in [-0.2, -0.15) is 0 Å². The topological polar surface area (TPSA) is 102 Å². The number of nitrogens with one attached hydrogen (secondary N) is 2. The highest BCUT2D eigenvalue weighted by molar-refractivity contribution is 6.30. The van der Waals surface area contributed by atoms with Gasteiger partial charge in [0.1, 0.15) is 12.1 Å². The van der Waals surface area contributed by atoms with Gasteiger partial charge in [0.05, 0.1) is 0 Å². The zero-order valence-electron chi connectivity index (χ0n) is 18.8. The Morgan fingerprint density at radius 2 is 1.88 bits per heavy atom. The van der Waals surface area contributed by atoms with Gasteiger partial charge in [0.25, 0.3) is 5.91 Å². The van der Waals surface area contributed by atoms with E-state index in [0.717, 1.165) is 24.2 Å². The van der Waals surface area contributed by atoms with Gasteiger partial charge in [0.2, 0.25) is 5.91 Å². The summed E-state index contributed by atoms with van der Waals surface area (Å²) in [6.45, 7) is 3.38. The molecule has 1 saturated carbocycles. The summed E-state index contributed by atoms with van der Waals surface area (Å²) in [5.74, 6) is -0.519. The van der Waals surface area contributed by atoms with Crippen molar-refractivity contribution in [3.63, 3.8) is 0 Å². The zero-order valence-corrected chi connectivity index (χ0v) is 19.6. The summed E-state index contributed by atoms with van der Waals surface area (Å²) in [5.41, 5.74) is -0.266. The second kappa shape index (κ2) is 9.59. The zero-order chi connectivity index (χ0) is 23.6. The Morgan fingerprint density at radius 1 is 1.12 bits per heavy atom. The molecule has 2 N–H and O–H groups in total. The van der Waals surface area contributed by atoms with E-state index in [1.54, 1.807) is 34.1 Å². The maximum absolute atomic E-state index is 13.1. The Bertz CT molecular complexity index is 957. The first kappa shape index (κ1) is 23.4. The smallest absolute Gasteiger partial charge is 0.325 e. The van der Waals surface area contributed by atoms with Gasteiger partial charge in [-0.15, -0.1) is 0 Å².